The van der Waals surface area contributed by atoms with E-state index in [9.17, 15) is 31.2 Å². The zero-order chi connectivity index (χ0) is 28.8. The van der Waals surface area contributed by atoms with Gasteiger partial charge in [-0.25, -0.2) is 8.42 Å². The van der Waals surface area contributed by atoms with Gasteiger partial charge in [-0.1, -0.05) is 68.1 Å². The van der Waals surface area contributed by atoms with Gasteiger partial charge in [0.05, 0.1) is 22.5 Å². The summed E-state index contributed by atoms with van der Waals surface area (Å²) in [7, 11) is -4.25. The summed E-state index contributed by atoms with van der Waals surface area (Å²) < 4.78 is 66.2. The van der Waals surface area contributed by atoms with Crippen molar-refractivity contribution in [2.75, 3.05) is 17.1 Å². The summed E-state index contributed by atoms with van der Waals surface area (Å²) in [5, 5.41) is 2.76. The average molecular weight is 588 g/mol. The Hall–Kier alpha value is -2.79. The highest BCUT2D eigenvalue weighted by molar-refractivity contribution is 7.92. The highest BCUT2D eigenvalue weighted by atomic mass is 35.5. The highest BCUT2D eigenvalue weighted by Gasteiger charge is 2.35. The SMILES string of the molecule is CC[C@H](C(=O)NC1CCCCC1)N(Cc1ccccc1)C(=O)CN(c1cc(C(F)(F)F)ccc1Cl)S(C)(=O)=O. The van der Waals surface area contributed by atoms with E-state index in [0.29, 0.717) is 15.9 Å². The second-order valence-electron chi connectivity index (χ2n) is 9.71. The number of sulfonamides is 1. The Balaban J connectivity index is 1.96. The van der Waals surface area contributed by atoms with Crippen molar-refractivity contribution in [1.29, 1.82) is 0 Å². The van der Waals surface area contributed by atoms with Crippen molar-refractivity contribution < 1.29 is 31.2 Å². The Morgan fingerprint density at radius 3 is 2.28 bits per heavy atom. The van der Waals surface area contributed by atoms with E-state index in [1.165, 1.54) is 4.90 Å². The lowest BCUT2D eigenvalue weighted by Crippen LogP contribution is -2.54. The number of alkyl halides is 3. The van der Waals surface area contributed by atoms with Gasteiger partial charge in [-0.3, -0.25) is 13.9 Å². The van der Waals surface area contributed by atoms with Crippen LogP contribution in [0.4, 0.5) is 18.9 Å². The summed E-state index contributed by atoms with van der Waals surface area (Å²) in [4.78, 5) is 28.4. The van der Waals surface area contributed by atoms with Crippen LogP contribution >= 0.6 is 11.6 Å². The van der Waals surface area contributed by atoms with E-state index in [0.717, 1.165) is 50.5 Å². The third kappa shape index (κ3) is 8.35. The lowest BCUT2D eigenvalue weighted by Gasteiger charge is -2.34. The zero-order valence-corrected chi connectivity index (χ0v) is 23.5. The summed E-state index contributed by atoms with van der Waals surface area (Å²) in [6, 6.07) is 10.2. The van der Waals surface area contributed by atoms with Gasteiger partial charge in [0.2, 0.25) is 21.8 Å². The standard InChI is InChI=1S/C27H33ClF3N3O4S/c1-3-23(26(36)32-21-12-8-5-9-13-21)33(17-19-10-6-4-7-11-19)25(35)18-34(39(2,37)38)24-16-20(27(29,30)31)14-15-22(24)28/h4,6-7,10-11,14-16,21,23H,3,5,8-9,12-13,17-18H2,1-2H3,(H,32,36)/t23-/m1/s1. The predicted octanol–water partition coefficient (Wildman–Crippen LogP) is 5.38. The first-order valence-corrected chi connectivity index (χ1v) is 15.0. The molecule has 2 aromatic rings. The molecule has 0 heterocycles. The molecule has 214 valence electrons. The minimum absolute atomic E-state index is 0.00416. The predicted molar refractivity (Wildman–Crippen MR) is 145 cm³/mol. The number of anilines is 1. The van der Waals surface area contributed by atoms with Crippen molar-refractivity contribution in [3.8, 4) is 0 Å². The van der Waals surface area contributed by atoms with Gasteiger partial charge in [-0.15, -0.1) is 0 Å². The van der Waals surface area contributed by atoms with E-state index in [1.807, 2.05) is 0 Å². The second kappa shape index (κ2) is 13.0. The topological polar surface area (TPSA) is 86.8 Å². The van der Waals surface area contributed by atoms with E-state index >= 15 is 0 Å². The number of nitrogens with zero attached hydrogens (tertiary/aromatic N) is 2. The summed E-state index contributed by atoms with van der Waals surface area (Å²) in [5.41, 5.74) is -0.873. The van der Waals surface area contributed by atoms with Gasteiger partial charge < -0.3 is 10.2 Å². The fourth-order valence-corrected chi connectivity index (χ4v) is 5.84. The highest BCUT2D eigenvalue weighted by Crippen LogP contribution is 2.36. The minimum atomic E-state index is -4.75. The molecule has 39 heavy (non-hydrogen) atoms. The molecule has 0 saturated heterocycles. The van der Waals surface area contributed by atoms with Crippen molar-refractivity contribution in [3.05, 3.63) is 64.7 Å². The molecule has 2 amide bonds. The molecule has 1 atom stereocenters. The van der Waals surface area contributed by atoms with Gasteiger partial charge >= 0.3 is 6.18 Å². The van der Waals surface area contributed by atoms with Crippen LogP contribution < -0.4 is 9.62 Å². The zero-order valence-electron chi connectivity index (χ0n) is 21.9. The molecule has 7 nitrogen and oxygen atoms in total. The molecule has 1 aliphatic carbocycles. The van der Waals surface area contributed by atoms with Gasteiger partial charge in [-0.2, -0.15) is 13.2 Å². The smallest absolute Gasteiger partial charge is 0.352 e. The molecule has 1 N–H and O–H groups in total. The van der Waals surface area contributed by atoms with Crippen molar-refractivity contribution in [2.24, 2.45) is 0 Å². The normalized spacial score (nSPS) is 15.4. The quantitative estimate of drug-likeness (QED) is 0.404. The first kappa shape index (κ1) is 30.7. The number of benzene rings is 2. The van der Waals surface area contributed by atoms with E-state index < -0.39 is 45.9 Å². The number of amides is 2. The number of hydrogen-bond donors (Lipinski definition) is 1. The van der Waals surface area contributed by atoms with Crippen LogP contribution in [0.2, 0.25) is 5.02 Å². The van der Waals surface area contributed by atoms with Gasteiger partial charge in [0, 0.05) is 12.6 Å². The molecule has 12 heteroatoms. The van der Waals surface area contributed by atoms with Crippen LogP contribution in [-0.4, -0.2) is 50.0 Å². The van der Waals surface area contributed by atoms with E-state index in [4.69, 9.17) is 11.6 Å². The van der Waals surface area contributed by atoms with Crippen LogP contribution in [0.15, 0.2) is 48.5 Å². The molecular formula is C27H33ClF3N3O4S. The van der Waals surface area contributed by atoms with E-state index in [2.05, 4.69) is 5.32 Å². The number of hydrogen-bond acceptors (Lipinski definition) is 4. The first-order valence-electron chi connectivity index (χ1n) is 12.8. The molecule has 0 aliphatic heterocycles. The van der Waals surface area contributed by atoms with Crippen molar-refractivity contribution in [2.45, 2.75) is 70.3 Å². The van der Waals surface area contributed by atoms with E-state index in [-0.39, 0.29) is 29.9 Å². The molecule has 0 spiro atoms. The van der Waals surface area contributed by atoms with Gasteiger partial charge in [-0.05, 0) is 43.0 Å². The van der Waals surface area contributed by atoms with Crippen molar-refractivity contribution >= 4 is 39.1 Å². The van der Waals surface area contributed by atoms with Crippen LogP contribution in [0.25, 0.3) is 0 Å². The maximum absolute atomic E-state index is 13.7. The van der Waals surface area contributed by atoms with Crippen LogP contribution in [0.1, 0.15) is 56.6 Å². The summed E-state index contributed by atoms with van der Waals surface area (Å²) >= 11 is 6.13. The van der Waals surface area contributed by atoms with Crippen LogP contribution in [-0.2, 0) is 32.3 Å². The fraction of sp³-hybridized carbons (Fsp3) is 0.481. The Kier molecular flexibility index (Phi) is 10.3. The Labute approximate surface area is 232 Å². The second-order valence-corrected chi connectivity index (χ2v) is 12.0. The molecule has 0 radical (unpaired) electrons. The van der Waals surface area contributed by atoms with Crippen LogP contribution in [0, 0.1) is 0 Å². The molecule has 0 aromatic heterocycles. The molecule has 0 unspecified atom stereocenters. The molecular weight excluding hydrogens is 555 g/mol. The van der Waals surface area contributed by atoms with Gasteiger partial charge in [0.1, 0.15) is 12.6 Å². The lowest BCUT2D eigenvalue weighted by molar-refractivity contribution is -0.140. The summed E-state index contributed by atoms with van der Waals surface area (Å²) in [5.74, 6) is -1.10. The number of rotatable bonds is 10. The third-order valence-corrected chi connectivity index (χ3v) is 8.20. The number of carbonyl (C=O) groups excluding carboxylic acids is 2. The Morgan fingerprint density at radius 2 is 1.72 bits per heavy atom. The summed E-state index contributed by atoms with van der Waals surface area (Å²) in [6.45, 7) is 0.915. The molecule has 0 bridgehead atoms. The van der Waals surface area contributed by atoms with Crippen molar-refractivity contribution in [1.82, 2.24) is 10.2 Å². The lowest BCUT2D eigenvalue weighted by atomic mass is 9.95. The molecule has 1 saturated carbocycles. The van der Waals surface area contributed by atoms with Crippen LogP contribution in [0.5, 0.6) is 0 Å². The number of halogens is 4. The maximum Gasteiger partial charge on any atom is 0.416 e. The van der Waals surface area contributed by atoms with Gasteiger partial charge in [0.15, 0.2) is 0 Å². The largest absolute Gasteiger partial charge is 0.416 e. The first-order chi connectivity index (χ1) is 18.3. The Morgan fingerprint density at radius 1 is 1.08 bits per heavy atom. The average Bonchev–Trinajstić information content (AvgIpc) is 2.87. The molecule has 1 fully saturated rings. The number of nitrogens with one attached hydrogen (secondary N) is 1. The van der Waals surface area contributed by atoms with Gasteiger partial charge in [0.25, 0.3) is 0 Å². The molecule has 3 rings (SSSR count). The summed E-state index contributed by atoms with van der Waals surface area (Å²) in [6.07, 6.45) is 1.05. The van der Waals surface area contributed by atoms with Crippen molar-refractivity contribution in [3.63, 3.8) is 0 Å². The number of carbonyl (C=O) groups is 2. The fourth-order valence-electron chi connectivity index (χ4n) is 4.72. The minimum Gasteiger partial charge on any atom is -0.352 e. The monoisotopic (exact) mass is 587 g/mol. The molecule has 2 aromatic carbocycles. The maximum atomic E-state index is 13.7. The van der Waals surface area contributed by atoms with E-state index in [1.54, 1.807) is 37.3 Å². The third-order valence-electron chi connectivity index (χ3n) is 6.75. The Bertz CT molecular complexity index is 1250. The molecule has 1 aliphatic rings. The van der Waals surface area contributed by atoms with Crippen LogP contribution in [0.3, 0.4) is 0 Å².